The van der Waals surface area contributed by atoms with Gasteiger partial charge in [-0.2, -0.15) is 0 Å². The molecular weight excluding hydrogens is 494 g/mol. The van der Waals surface area contributed by atoms with Crippen molar-refractivity contribution in [2.45, 2.75) is 32.1 Å². The van der Waals surface area contributed by atoms with Crippen molar-refractivity contribution in [3.8, 4) is 0 Å². The molecule has 0 aliphatic carbocycles. The van der Waals surface area contributed by atoms with Crippen LogP contribution >= 0.6 is 35.1 Å². The highest BCUT2D eigenvalue weighted by atomic mass is 35.5. The lowest BCUT2D eigenvalue weighted by Crippen LogP contribution is -2.32. The summed E-state index contributed by atoms with van der Waals surface area (Å²) in [7, 11) is 0. The molecule has 0 aromatic heterocycles. The number of thioether (sulfide) groups is 2. The fraction of sp³-hybridized carbons (Fsp3) is 0.214. The molecule has 0 saturated carbocycles. The normalized spacial score (nSPS) is 18.6. The Morgan fingerprint density at radius 2 is 1.71 bits per heavy atom. The van der Waals surface area contributed by atoms with Gasteiger partial charge in [0.15, 0.2) is 5.17 Å². The molecule has 0 spiro atoms. The molecule has 1 amide bonds. The van der Waals surface area contributed by atoms with Crippen molar-refractivity contribution >= 4 is 57.6 Å². The van der Waals surface area contributed by atoms with E-state index in [4.69, 9.17) is 16.6 Å². The van der Waals surface area contributed by atoms with Gasteiger partial charge in [0.1, 0.15) is 9.93 Å². The Bertz CT molecular complexity index is 1350. The van der Waals surface area contributed by atoms with Gasteiger partial charge in [-0.25, -0.2) is 4.99 Å². The summed E-state index contributed by atoms with van der Waals surface area (Å²) in [4.78, 5) is 24.6. The molecule has 0 unspecified atom stereocenters. The molecule has 3 aromatic rings. The molecule has 1 saturated heterocycles. The van der Waals surface area contributed by atoms with Crippen LogP contribution in [0.2, 0.25) is 5.02 Å². The highest BCUT2D eigenvalue weighted by Gasteiger charge is 2.39. The Morgan fingerprint density at radius 1 is 0.914 bits per heavy atom. The van der Waals surface area contributed by atoms with Crippen LogP contribution in [0.1, 0.15) is 23.6 Å². The summed E-state index contributed by atoms with van der Waals surface area (Å²) in [5.74, 6) is 0.00775. The minimum absolute atomic E-state index is 0.00775. The minimum atomic E-state index is 0.00775. The van der Waals surface area contributed by atoms with Crippen LogP contribution in [0.4, 0.5) is 11.4 Å². The molecule has 5 rings (SSSR count). The van der Waals surface area contributed by atoms with Gasteiger partial charge in [0.25, 0.3) is 5.91 Å². The smallest absolute Gasteiger partial charge is 0.269 e. The maximum absolute atomic E-state index is 13.8. The van der Waals surface area contributed by atoms with Gasteiger partial charge in [0.05, 0.1) is 11.4 Å². The van der Waals surface area contributed by atoms with Gasteiger partial charge in [0.2, 0.25) is 0 Å². The fourth-order valence-corrected chi connectivity index (χ4v) is 6.71. The van der Waals surface area contributed by atoms with E-state index in [9.17, 15) is 4.79 Å². The van der Waals surface area contributed by atoms with Crippen LogP contribution in [-0.4, -0.2) is 29.1 Å². The molecule has 35 heavy (non-hydrogen) atoms. The van der Waals surface area contributed by atoms with E-state index in [-0.39, 0.29) is 5.91 Å². The topological polar surface area (TPSA) is 35.9 Å². The number of nitrogens with zero attached hydrogens (tertiary/aromatic N) is 3. The summed E-state index contributed by atoms with van der Waals surface area (Å²) in [6, 6.07) is 22.3. The van der Waals surface area contributed by atoms with Gasteiger partial charge >= 0.3 is 0 Å². The van der Waals surface area contributed by atoms with E-state index in [2.05, 4.69) is 49.9 Å². The first kappa shape index (κ1) is 24.0. The lowest BCUT2D eigenvalue weighted by molar-refractivity contribution is -0.122. The molecule has 2 heterocycles. The third-order valence-electron chi connectivity index (χ3n) is 6.22. The molecule has 0 atom stereocenters. The van der Waals surface area contributed by atoms with Crippen molar-refractivity contribution in [1.82, 2.24) is 4.90 Å². The summed E-state index contributed by atoms with van der Waals surface area (Å²) in [5, 5.41) is 2.37. The summed E-state index contributed by atoms with van der Waals surface area (Å²) < 4.78 is 0. The van der Waals surface area contributed by atoms with E-state index in [1.54, 1.807) is 11.8 Å². The van der Waals surface area contributed by atoms with Crippen molar-refractivity contribution in [2.24, 2.45) is 4.99 Å². The minimum Gasteiger partial charge on any atom is -0.334 e. The first-order valence-electron chi connectivity index (χ1n) is 11.6. The average Bonchev–Trinajstić information content (AvgIpc) is 3.37. The van der Waals surface area contributed by atoms with Gasteiger partial charge in [-0.3, -0.25) is 9.69 Å². The number of benzene rings is 3. The predicted octanol–water partition coefficient (Wildman–Crippen LogP) is 7.56. The number of carbonyl (C=O) groups is 1. The second-order valence-corrected chi connectivity index (χ2v) is 11.0. The number of rotatable bonds is 5. The number of aryl methyl sites for hydroxylation is 2. The molecule has 2 aliphatic rings. The highest BCUT2D eigenvalue weighted by molar-refractivity contribution is 8.19. The first-order valence-corrected chi connectivity index (χ1v) is 13.6. The predicted molar refractivity (Wildman–Crippen MR) is 150 cm³/mol. The van der Waals surface area contributed by atoms with Gasteiger partial charge < -0.3 is 4.90 Å². The van der Waals surface area contributed by atoms with Crippen LogP contribution in [0.25, 0.3) is 0 Å². The molecule has 3 aromatic carbocycles. The lowest BCUT2D eigenvalue weighted by atomic mass is 10.1. The van der Waals surface area contributed by atoms with Crippen molar-refractivity contribution in [3.05, 3.63) is 98.4 Å². The SMILES string of the molecule is CCN1/C(=C2/SC(=Nc3ccc(C)c(C)c3)N(CCc3ccccc3)C2=O)Sc2ccc(Cl)cc21. The third-order valence-corrected chi connectivity index (χ3v) is 8.83. The average molecular weight is 520 g/mol. The molecule has 7 heteroatoms. The Balaban J connectivity index is 1.53. The lowest BCUT2D eigenvalue weighted by Gasteiger charge is -2.19. The fourth-order valence-electron chi connectivity index (χ4n) is 4.15. The highest BCUT2D eigenvalue weighted by Crippen LogP contribution is 2.51. The van der Waals surface area contributed by atoms with Crippen LogP contribution in [-0.2, 0) is 11.2 Å². The van der Waals surface area contributed by atoms with Gasteiger partial charge in [-0.15, -0.1) is 0 Å². The Morgan fingerprint density at radius 3 is 2.46 bits per heavy atom. The van der Waals surface area contributed by atoms with Crippen molar-refractivity contribution < 1.29 is 4.79 Å². The van der Waals surface area contributed by atoms with E-state index in [0.29, 0.717) is 11.6 Å². The molecule has 1 fully saturated rings. The van der Waals surface area contributed by atoms with Gasteiger partial charge in [-0.1, -0.05) is 59.8 Å². The van der Waals surface area contributed by atoms with Crippen LogP contribution in [0.3, 0.4) is 0 Å². The van der Waals surface area contributed by atoms with Crippen LogP contribution in [0.5, 0.6) is 0 Å². The maximum Gasteiger partial charge on any atom is 0.269 e. The monoisotopic (exact) mass is 519 g/mol. The second-order valence-electron chi connectivity index (χ2n) is 8.55. The number of halogens is 1. The molecule has 0 bridgehead atoms. The Hall–Kier alpha value is -2.67. The molecule has 0 radical (unpaired) electrons. The first-order chi connectivity index (χ1) is 16.9. The quantitative estimate of drug-likeness (QED) is 0.326. The van der Waals surface area contributed by atoms with Gasteiger partial charge in [-0.05, 0) is 86.0 Å². The third kappa shape index (κ3) is 4.88. The van der Waals surface area contributed by atoms with Crippen LogP contribution in [0.15, 0.2) is 86.6 Å². The molecule has 4 nitrogen and oxygen atoms in total. The number of amidine groups is 1. The summed E-state index contributed by atoms with van der Waals surface area (Å²) in [5.41, 5.74) is 5.53. The van der Waals surface area contributed by atoms with E-state index >= 15 is 0 Å². The van der Waals surface area contributed by atoms with Crippen LogP contribution in [0, 0.1) is 13.8 Å². The molecule has 0 N–H and O–H groups in total. The van der Waals surface area contributed by atoms with E-state index in [1.807, 2.05) is 47.4 Å². The number of fused-ring (bicyclic) bond motifs is 1. The zero-order chi connectivity index (χ0) is 24.5. The largest absolute Gasteiger partial charge is 0.334 e. The van der Waals surface area contributed by atoms with E-state index < -0.39 is 0 Å². The van der Waals surface area contributed by atoms with Crippen molar-refractivity contribution in [1.29, 1.82) is 0 Å². The summed E-state index contributed by atoms with van der Waals surface area (Å²) >= 11 is 9.39. The molecule has 2 aliphatic heterocycles. The molecule has 178 valence electrons. The summed E-state index contributed by atoms with van der Waals surface area (Å²) in [6.07, 6.45) is 0.766. The number of hydrogen-bond donors (Lipinski definition) is 0. The van der Waals surface area contributed by atoms with Crippen molar-refractivity contribution in [2.75, 3.05) is 18.0 Å². The number of anilines is 1. The number of carbonyl (C=O) groups excluding carboxylic acids is 1. The van der Waals surface area contributed by atoms with Gasteiger partial charge in [0, 0.05) is 23.0 Å². The van der Waals surface area contributed by atoms with Crippen molar-refractivity contribution in [3.63, 3.8) is 0 Å². The Labute approximate surface area is 220 Å². The summed E-state index contributed by atoms with van der Waals surface area (Å²) in [6.45, 7) is 7.60. The van der Waals surface area contributed by atoms with E-state index in [0.717, 1.165) is 44.3 Å². The number of hydrogen-bond acceptors (Lipinski definition) is 5. The number of aliphatic imine (C=N–C) groups is 1. The van der Waals surface area contributed by atoms with Crippen LogP contribution < -0.4 is 4.90 Å². The molecular formula is C28H26ClN3OS2. The maximum atomic E-state index is 13.8. The zero-order valence-corrected chi connectivity index (χ0v) is 22.3. The Kier molecular flexibility index (Phi) is 6.96. The zero-order valence-electron chi connectivity index (χ0n) is 19.9. The second kappa shape index (κ2) is 10.1. The standard InChI is InChI=1S/C28H26ClN3OS2/c1-4-31-23-17-21(29)11-13-24(23)34-27(31)25-26(33)32(15-14-20-8-6-5-7-9-20)28(35-25)30-22-12-10-18(2)19(3)16-22/h5-13,16-17H,4,14-15H2,1-3H3/b27-25-,30-28?. The number of amides is 1. The van der Waals surface area contributed by atoms with E-state index in [1.165, 1.54) is 28.5 Å².